The number of hydrogen-bond acceptors (Lipinski definition) is 2. The van der Waals surface area contributed by atoms with Crippen LogP contribution in [0.2, 0.25) is 0 Å². The summed E-state index contributed by atoms with van der Waals surface area (Å²) in [6.45, 7) is 10.4. The van der Waals surface area contributed by atoms with E-state index in [1.54, 1.807) is 7.11 Å². The lowest BCUT2D eigenvalue weighted by molar-refractivity contribution is 0.242. The summed E-state index contributed by atoms with van der Waals surface area (Å²) in [6.07, 6.45) is 0. The van der Waals surface area contributed by atoms with E-state index >= 15 is 0 Å². The molecule has 25 heavy (non-hydrogen) atoms. The van der Waals surface area contributed by atoms with Crippen LogP contribution >= 0.6 is 0 Å². The highest BCUT2D eigenvalue weighted by Gasteiger charge is 2.23. The Balaban J connectivity index is 2.02. The van der Waals surface area contributed by atoms with E-state index in [1.165, 1.54) is 5.56 Å². The van der Waals surface area contributed by atoms with E-state index in [4.69, 9.17) is 4.74 Å². The third-order valence-corrected chi connectivity index (χ3v) is 4.25. The number of ether oxygens (including phenoxy) is 1. The van der Waals surface area contributed by atoms with Crippen LogP contribution in [0, 0.1) is 0 Å². The van der Waals surface area contributed by atoms with Crippen LogP contribution in [0.3, 0.4) is 0 Å². The molecule has 4 nitrogen and oxygen atoms in total. The summed E-state index contributed by atoms with van der Waals surface area (Å²) in [5.41, 5.74) is 2.61. The van der Waals surface area contributed by atoms with Gasteiger partial charge in [-0.05, 0) is 54.7 Å². The number of urea groups is 1. The summed E-state index contributed by atoms with van der Waals surface area (Å²) < 4.78 is 5.18. The van der Waals surface area contributed by atoms with E-state index in [0.717, 1.165) is 17.0 Å². The van der Waals surface area contributed by atoms with Gasteiger partial charge in [0.05, 0.1) is 12.6 Å². The number of nitrogens with one attached hydrogen (secondary N) is 2. The topological polar surface area (TPSA) is 50.4 Å². The van der Waals surface area contributed by atoms with E-state index in [9.17, 15) is 4.79 Å². The summed E-state index contributed by atoms with van der Waals surface area (Å²) in [5, 5.41) is 5.91. The summed E-state index contributed by atoms with van der Waals surface area (Å²) in [7, 11) is 1.64. The van der Waals surface area contributed by atoms with Crippen LogP contribution in [0.25, 0.3) is 0 Å². The van der Waals surface area contributed by atoms with Crippen molar-refractivity contribution in [2.24, 2.45) is 0 Å². The minimum absolute atomic E-state index is 0.0944. The maximum Gasteiger partial charge on any atom is 0.319 e. The molecular formula is C21H28N2O2. The molecule has 2 aromatic rings. The first-order chi connectivity index (χ1) is 11.6. The van der Waals surface area contributed by atoms with Gasteiger partial charge in [-0.25, -0.2) is 4.79 Å². The normalized spacial score (nSPS) is 11.8. The highest BCUT2D eigenvalue weighted by molar-refractivity contribution is 5.89. The number of rotatable bonds is 4. The molecule has 0 spiro atoms. The Bertz CT molecular complexity index is 711. The summed E-state index contributed by atoms with van der Waals surface area (Å²) >= 11 is 0. The van der Waals surface area contributed by atoms with Gasteiger partial charge in [0.25, 0.3) is 0 Å². The van der Waals surface area contributed by atoms with Crippen LogP contribution in [0.5, 0.6) is 5.75 Å². The molecule has 0 saturated heterocycles. The lowest BCUT2D eigenvalue weighted by Crippen LogP contribution is -2.43. The van der Waals surface area contributed by atoms with Crippen molar-refractivity contribution in [3.8, 4) is 5.75 Å². The second-order valence-corrected chi connectivity index (χ2v) is 7.76. The Morgan fingerprint density at radius 2 is 1.36 bits per heavy atom. The van der Waals surface area contributed by atoms with Crippen LogP contribution in [-0.4, -0.2) is 13.1 Å². The zero-order valence-electron chi connectivity index (χ0n) is 15.9. The molecule has 2 aromatic carbocycles. The standard InChI is InChI=1S/C21H28N2O2/c1-20(2,3)15-7-11-17(12-8-15)22-19(24)23-21(4,5)16-9-13-18(25-6)14-10-16/h7-14H,1-6H3,(H2,22,23,24). The number of benzene rings is 2. The number of amides is 2. The molecule has 2 rings (SSSR count). The van der Waals surface area contributed by atoms with Gasteiger partial charge in [-0.3, -0.25) is 0 Å². The third-order valence-electron chi connectivity index (χ3n) is 4.25. The molecule has 2 amide bonds. The Labute approximate surface area is 150 Å². The van der Waals surface area contributed by atoms with Crippen molar-refractivity contribution >= 4 is 11.7 Å². The largest absolute Gasteiger partial charge is 0.497 e. The molecule has 0 aliphatic heterocycles. The fourth-order valence-corrected chi connectivity index (χ4v) is 2.58. The molecule has 0 aromatic heterocycles. The highest BCUT2D eigenvalue weighted by Crippen LogP contribution is 2.25. The van der Waals surface area contributed by atoms with Gasteiger partial charge in [0.2, 0.25) is 0 Å². The molecule has 2 N–H and O–H groups in total. The fraction of sp³-hybridized carbons (Fsp3) is 0.381. The van der Waals surface area contributed by atoms with E-state index in [1.807, 2.05) is 62.4 Å². The number of anilines is 1. The van der Waals surface area contributed by atoms with Crippen LogP contribution in [0.15, 0.2) is 48.5 Å². The third kappa shape index (κ3) is 4.99. The second kappa shape index (κ2) is 7.18. The van der Waals surface area contributed by atoms with Crippen molar-refractivity contribution in [1.82, 2.24) is 5.32 Å². The molecule has 0 aliphatic carbocycles. The quantitative estimate of drug-likeness (QED) is 0.818. The van der Waals surface area contributed by atoms with Crippen molar-refractivity contribution in [2.75, 3.05) is 12.4 Å². The lowest BCUT2D eigenvalue weighted by Gasteiger charge is -2.27. The molecule has 0 radical (unpaired) electrons. The summed E-state index contributed by atoms with van der Waals surface area (Å²) in [6, 6.07) is 15.4. The van der Waals surface area contributed by atoms with Gasteiger partial charge in [0.1, 0.15) is 5.75 Å². The molecule has 0 heterocycles. The maximum atomic E-state index is 12.4. The van der Waals surface area contributed by atoms with Gasteiger partial charge in [-0.1, -0.05) is 45.0 Å². The molecule has 0 fully saturated rings. The highest BCUT2D eigenvalue weighted by atomic mass is 16.5. The Kier molecular flexibility index (Phi) is 5.41. The van der Waals surface area contributed by atoms with Gasteiger partial charge >= 0.3 is 6.03 Å². The molecule has 134 valence electrons. The zero-order valence-corrected chi connectivity index (χ0v) is 15.9. The smallest absolute Gasteiger partial charge is 0.319 e. The Morgan fingerprint density at radius 3 is 1.84 bits per heavy atom. The van der Waals surface area contributed by atoms with Gasteiger partial charge in [-0.15, -0.1) is 0 Å². The number of carbonyl (C=O) groups is 1. The lowest BCUT2D eigenvalue weighted by atomic mass is 9.87. The average molecular weight is 340 g/mol. The molecule has 0 saturated carbocycles. The van der Waals surface area contributed by atoms with E-state index < -0.39 is 5.54 Å². The van der Waals surface area contributed by atoms with Crippen molar-refractivity contribution in [1.29, 1.82) is 0 Å². The van der Waals surface area contributed by atoms with Crippen LogP contribution in [0.1, 0.15) is 45.7 Å². The molecule has 0 atom stereocenters. The first-order valence-corrected chi connectivity index (χ1v) is 8.46. The Morgan fingerprint density at radius 1 is 0.840 bits per heavy atom. The van der Waals surface area contributed by atoms with E-state index in [2.05, 4.69) is 31.4 Å². The number of carbonyl (C=O) groups excluding carboxylic acids is 1. The second-order valence-electron chi connectivity index (χ2n) is 7.76. The van der Waals surface area contributed by atoms with Crippen molar-refractivity contribution in [3.05, 3.63) is 59.7 Å². The number of methoxy groups -OCH3 is 1. The van der Waals surface area contributed by atoms with E-state index in [-0.39, 0.29) is 11.4 Å². The maximum absolute atomic E-state index is 12.4. The van der Waals surface area contributed by atoms with Gasteiger partial charge in [0, 0.05) is 5.69 Å². The van der Waals surface area contributed by atoms with Crippen molar-refractivity contribution < 1.29 is 9.53 Å². The van der Waals surface area contributed by atoms with Crippen LogP contribution in [-0.2, 0) is 11.0 Å². The van der Waals surface area contributed by atoms with Gasteiger partial charge < -0.3 is 15.4 Å². The van der Waals surface area contributed by atoms with Gasteiger partial charge in [0.15, 0.2) is 0 Å². The minimum atomic E-state index is -0.498. The minimum Gasteiger partial charge on any atom is -0.497 e. The first kappa shape index (κ1) is 18.8. The van der Waals surface area contributed by atoms with Crippen LogP contribution in [0.4, 0.5) is 10.5 Å². The summed E-state index contributed by atoms with van der Waals surface area (Å²) in [5.74, 6) is 0.794. The van der Waals surface area contributed by atoms with Crippen LogP contribution < -0.4 is 15.4 Å². The average Bonchev–Trinajstić information content (AvgIpc) is 2.54. The number of hydrogen-bond donors (Lipinski definition) is 2. The zero-order chi connectivity index (χ0) is 18.7. The molecular weight excluding hydrogens is 312 g/mol. The van der Waals surface area contributed by atoms with Gasteiger partial charge in [-0.2, -0.15) is 0 Å². The predicted octanol–water partition coefficient (Wildman–Crippen LogP) is 5.05. The fourth-order valence-electron chi connectivity index (χ4n) is 2.58. The molecule has 4 heteroatoms. The summed E-state index contributed by atoms with van der Waals surface area (Å²) in [4.78, 5) is 12.4. The molecule has 0 unspecified atom stereocenters. The Hall–Kier alpha value is -2.49. The molecule has 0 bridgehead atoms. The molecule has 0 aliphatic rings. The van der Waals surface area contributed by atoms with E-state index in [0.29, 0.717) is 0 Å². The monoisotopic (exact) mass is 340 g/mol. The first-order valence-electron chi connectivity index (χ1n) is 8.46. The van der Waals surface area contributed by atoms with Crippen molar-refractivity contribution in [2.45, 2.75) is 45.6 Å². The predicted molar refractivity (Wildman–Crippen MR) is 103 cm³/mol. The SMILES string of the molecule is COc1ccc(C(C)(C)NC(=O)Nc2ccc(C(C)(C)C)cc2)cc1. The van der Waals surface area contributed by atoms with Crippen molar-refractivity contribution in [3.63, 3.8) is 0 Å².